The summed E-state index contributed by atoms with van der Waals surface area (Å²) in [6, 6.07) is 6.67. The lowest BCUT2D eigenvalue weighted by atomic mass is 9.92. The Morgan fingerprint density at radius 2 is 2.24 bits per heavy atom. The van der Waals surface area contributed by atoms with E-state index in [0.29, 0.717) is 0 Å². The third kappa shape index (κ3) is 2.90. The first-order valence-electron chi connectivity index (χ1n) is 5.96. The third-order valence-corrected chi connectivity index (χ3v) is 3.67. The summed E-state index contributed by atoms with van der Waals surface area (Å²) in [4.78, 5) is 0. The molecule has 0 aliphatic carbocycles. The van der Waals surface area contributed by atoms with Crippen LogP contribution in [-0.4, -0.2) is 13.7 Å². The van der Waals surface area contributed by atoms with Crippen molar-refractivity contribution in [1.29, 1.82) is 0 Å². The van der Waals surface area contributed by atoms with E-state index in [0.717, 1.165) is 23.9 Å². The van der Waals surface area contributed by atoms with Crippen LogP contribution in [0.5, 0.6) is 0 Å². The molecule has 1 heterocycles. The lowest BCUT2D eigenvalue weighted by Gasteiger charge is -2.24. The molecule has 1 aliphatic rings. The number of halogens is 1. The summed E-state index contributed by atoms with van der Waals surface area (Å²) in [5.74, 6) is 0. The summed E-state index contributed by atoms with van der Waals surface area (Å²) in [6.07, 6.45) is 4.14. The number of rotatable bonds is 3. The minimum Gasteiger partial charge on any atom is -0.501 e. The average molecular weight is 296 g/mol. The summed E-state index contributed by atoms with van der Waals surface area (Å²) in [7, 11) is 2.00. The van der Waals surface area contributed by atoms with Crippen LogP contribution in [0.2, 0.25) is 0 Å². The monoisotopic (exact) mass is 295 g/mol. The summed E-state index contributed by atoms with van der Waals surface area (Å²) in [5.41, 5.74) is 3.96. The van der Waals surface area contributed by atoms with Gasteiger partial charge in [0.05, 0.1) is 18.9 Å². The standard InChI is InChI=1S/C14H18BrNO/c1-10-5-6-12(15)8-13(10)14(16-2)11-4-3-7-17-9-11/h5-6,8-9,14,16H,3-4,7H2,1-2H3. The van der Waals surface area contributed by atoms with Crippen molar-refractivity contribution in [2.45, 2.75) is 25.8 Å². The summed E-state index contributed by atoms with van der Waals surface area (Å²) in [5, 5.41) is 3.39. The van der Waals surface area contributed by atoms with E-state index in [1.54, 1.807) is 0 Å². The largest absolute Gasteiger partial charge is 0.501 e. The molecule has 0 spiro atoms. The molecule has 0 fully saturated rings. The second kappa shape index (κ2) is 5.69. The van der Waals surface area contributed by atoms with Crippen LogP contribution >= 0.6 is 15.9 Å². The summed E-state index contributed by atoms with van der Waals surface area (Å²) < 4.78 is 6.56. The number of aryl methyl sites for hydroxylation is 1. The Bertz CT molecular complexity index is 428. The average Bonchev–Trinajstić information content (AvgIpc) is 2.36. The first-order valence-corrected chi connectivity index (χ1v) is 6.75. The quantitative estimate of drug-likeness (QED) is 0.918. The summed E-state index contributed by atoms with van der Waals surface area (Å²) >= 11 is 3.54. The number of benzene rings is 1. The Balaban J connectivity index is 2.34. The van der Waals surface area contributed by atoms with Crippen LogP contribution in [0, 0.1) is 6.92 Å². The molecule has 0 amide bonds. The Morgan fingerprint density at radius 3 is 2.88 bits per heavy atom. The maximum Gasteiger partial charge on any atom is 0.0876 e. The molecule has 2 nitrogen and oxygen atoms in total. The topological polar surface area (TPSA) is 21.3 Å². The van der Waals surface area contributed by atoms with Crippen LogP contribution in [0.4, 0.5) is 0 Å². The van der Waals surface area contributed by atoms with Gasteiger partial charge in [-0.25, -0.2) is 0 Å². The number of ether oxygens (including phenoxy) is 1. The highest BCUT2D eigenvalue weighted by atomic mass is 79.9. The number of nitrogens with one attached hydrogen (secondary N) is 1. The highest BCUT2D eigenvalue weighted by Crippen LogP contribution is 2.30. The normalized spacial score (nSPS) is 17.2. The van der Waals surface area contributed by atoms with Crippen LogP contribution in [0.25, 0.3) is 0 Å². The molecule has 92 valence electrons. The fraction of sp³-hybridized carbons (Fsp3) is 0.429. The molecule has 1 aromatic rings. The van der Waals surface area contributed by atoms with Crippen molar-refractivity contribution >= 4 is 15.9 Å². The zero-order valence-electron chi connectivity index (χ0n) is 10.3. The predicted molar refractivity (Wildman–Crippen MR) is 73.9 cm³/mol. The number of hydrogen-bond donors (Lipinski definition) is 1. The molecule has 0 bridgehead atoms. The van der Waals surface area contributed by atoms with Gasteiger partial charge in [0, 0.05) is 4.47 Å². The molecule has 3 heteroatoms. The molecule has 0 saturated carbocycles. The van der Waals surface area contributed by atoms with E-state index in [9.17, 15) is 0 Å². The maximum absolute atomic E-state index is 5.44. The van der Waals surface area contributed by atoms with Crippen LogP contribution < -0.4 is 5.32 Å². The van der Waals surface area contributed by atoms with Gasteiger partial charge in [0.1, 0.15) is 0 Å². The smallest absolute Gasteiger partial charge is 0.0876 e. The molecule has 0 saturated heterocycles. The first-order chi connectivity index (χ1) is 8.22. The van der Waals surface area contributed by atoms with Gasteiger partial charge < -0.3 is 10.1 Å². The van der Waals surface area contributed by atoms with Crippen molar-refractivity contribution in [2.24, 2.45) is 0 Å². The van der Waals surface area contributed by atoms with Gasteiger partial charge in [-0.2, -0.15) is 0 Å². The van der Waals surface area contributed by atoms with Gasteiger partial charge in [-0.05, 0) is 55.6 Å². The second-order valence-electron chi connectivity index (χ2n) is 4.39. The highest BCUT2D eigenvalue weighted by Gasteiger charge is 2.19. The van der Waals surface area contributed by atoms with Crippen molar-refractivity contribution in [1.82, 2.24) is 5.32 Å². The van der Waals surface area contributed by atoms with E-state index in [1.807, 2.05) is 13.3 Å². The van der Waals surface area contributed by atoms with Gasteiger partial charge in [0.2, 0.25) is 0 Å². The zero-order valence-corrected chi connectivity index (χ0v) is 11.9. The Labute approximate surface area is 111 Å². The van der Waals surface area contributed by atoms with E-state index >= 15 is 0 Å². The minimum absolute atomic E-state index is 0.257. The molecular weight excluding hydrogens is 278 g/mol. The van der Waals surface area contributed by atoms with Crippen molar-refractivity contribution in [3.63, 3.8) is 0 Å². The number of hydrogen-bond acceptors (Lipinski definition) is 2. The van der Waals surface area contributed by atoms with Crippen molar-refractivity contribution in [2.75, 3.05) is 13.7 Å². The predicted octanol–water partition coefficient (Wildman–Crippen LogP) is 3.71. The minimum atomic E-state index is 0.257. The lowest BCUT2D eigenvalue weighted by molar-refractivity contribution is 0.220. The zero-order chi connectivity index (χ0) is 12.3. The number of likely N-dealkylation sites (N-methyl/N-ethyl adjacent to an activating group) is 1. The van der Waals surface area contributed by atoms with E-state index in [1.165, 1.54) is 16.7 Å². The van der Waals surface area contributed by atoms with Gasteiger partial charge in [0.15, 0.2) is 0 Å². The third-order valence-electron chi connectivity index (χ3n) is 3.17. The van der Waals surface area contributed by atoms with Gasteiger partial charge in [0.25, 0.3) is 0 Å². The van der Waals surface area contributed by atoms with Crippen molar-refractivity contribution < 1.29 is 4.74 Å². The Morgan fingerprint density at radius 1 is 1.41 bits per heavy atom. The molecule has 1 unspecified atom stereocenters. The van der Waals surface area contributed by atoms with E-state index < -0.39 is 0 Å². The van der Waals surface area contributed by atoms with Crippen LogP contribution in [0.3, 0.4) is 0 Å². The van der Waals surface area contributed by atoms with Gasteiger partial charge in [-0.3, -0.25) is 0 Å². The van der Waals surface area contributed by atoms with E-state index in [4.69, 9.17) is 4.74 Å². The molecule has 1 atom stereocenters. The molecule has 1 aliphatic heterocycles. The van der Waals surface area contributed by atoms with Gasteiger partial charge in [-0.15, -0.1) is 0 Å². The fourth-order valence-corrected chi connectivity index (χ4v) is 2.64. The molecule has 2 rings (SSSR count). The molecule has 17 heavy (non-hydrogen) atoms. The van der Waals surface area contributed by atoms with Gasteiger partial charge in [-0.1, -0.05) is 22.0 Å². The molecule has 1 N–H and O–H groups in total. The Hall–Kier alpha value is -0.800. The fourth-order valence-electron chi connectivity index (χ4n) is 2.26. The maximum atomic E-state index is 5.44. The summed E-state index contributed by atoms with van der Waals surface area (Å²) in [6.45, 7) is 2.99. The van der Waals surface area contributed by atoms with Crippen LogP contribution in [-0.2, 0) is 4.74 Å². The first kappa shape index (κ1) is 12.7. The van der Waals surface area contributed by atoms with Crippen molar-refractivity contribution in [3.8, 4) is 0 Å². The second-order valence-corrected chi connectivity index (χ2v) is 5.31. The highest BCUT2D eigenvalue weighted by molar-refractivity contribution is 9.10. The lowest BCUT2D eigenvalue weighted by Crippen LogP contribution is -2.21. The Kier molecular flexibility index (Phi) is 4.24. The SMILES string of the molecule is CNC(C1=COCCC1)c1cc(Br)ccc1C. The van der Waals surface area contributed by atoms with E-state index in [2.05, 4.69) is 46.4 Å². The van der Waals surface area contributed by atoms with E-state index in [-0.39, 0.29) is 6.04 Å². The van der Waals surface area contributed by atoms with Crippen LogP contribution in [0.1, 0.15) is 30.0 Å². The van der Waals surface area contributed by atoms with Crippen LogP contribution in [0.15, 0.2) is 34.5 Å². The molecule has 0 aromatic heterocycles. The van der Waals surface area contributed by atoms with Gasteiger partial charge >= 0.3 is 0 Å². The van der Waals surface area contributed by atoms with Crippen molar-refractivity contribution in [3.05, 3.63) is 45.6 Å². The molecule has 0 radical (unpaired) electrons. The molecular formula is C14H18BrNO. The molecule has 1 aromatic carbocycles.